The Balaban J connectivity index is 1.35. The summed E-state index contributed by atoms with van der Waals surface area (Å²) >= 11 is 0. The third kappa shape index (κ3) is 4.20. The van der Waals surface area contributed by atoms with Crippen LogP contribution in [0.5, 0.6) is 5.75 Å². The summed E-state index contributed by atoms with van der Waals surface area (Å²) in [6.07, 6.45) is 3.42. The topological polar surface area (TPSA) is 90.3 Å². The number of rotatable bonds is 7. The zero-order valence-electron chi connectivity index (χ0n) is 18.6. The van der Waals surface area contributed by atoms with Gasteiger partial charge in [-0.25, -0.2) is 4.98 Å². The summed E-state index contributed by atoms with van der Waals surface area (Å²) < 4.78 is 17.0. The van der Waals surface area contributed by atoms with Gasteiger partial charge in [0.2, 0.25) is 17.6 Å². The van der Waals surface area contributed by atoms with Crippen LogP contribution in [0.4, 0.5) is 0 Å². The first-order chi connectivity index (χ1) is 16.1. The molecule has 0 aliphatic heterocycles. The highest BCUT2D eigenvalue weighted by atomic mass is 16.5. The van der Waals surface area contributed by atoms with E-state index in [9.17, 15) is 0 Å². The second-order valence-corrected chi connectivity index (χ2v) is 7.81. The van der Waals surface area contributed by atoms with Crippen molar-refractivity contribution in [3.63, 3.8) is 0 Å². The van der Waals surface area contributed by atoms with Crippen molar-refractivity contribution in [3.05, 3.63) is 78.3 Å². The van der Waals surface area contributed by atoms with Crippen LogP contribution in [0.3, 0.4) is 0 Å². The van der Waals surface area contributed by atoms with Gasteiger partial charge in [-0.15, -0.1) is 0 Å². The molecule has 0 unspecified atom stereocenters. The maximum Gasteiger partial charge on any atom is 0.241 e. The second kappa shape index (κ2) is 8.84. The van der Waals surface area contributed by atoms with Crippen molar-refractivity contribution in [2.24, 2.45) is 0 Å². The molecule has 8 nitrogen and oxygen atoms in total. The quantitative estimate of drug-likeness (QED) is 0.353. The molecule has 8 heteroatoms. The maximum atomic E-state index is 6.06. The highest BCUT2D eigenvalue weighted by molar-refractivity contribution is 5.98. The first kappa shape index (κ1) is 20.8. The van der Waals surface area contributed by atoms with E-state index in [4.69, 9.17) is 18.7 Å². The number of fused-ring (bicyclic) bond motifs is 1. The minimum atomic E-state index is 0.486. The molecule has 5 aromatic rings. The Bertz CT molecular complexity index is 1390. The lowest BCUT2D eigenvalue weighted by molar-refractivity contribution is 0.258. The van der Waals surface area contributed by atoms with Crippen LogP contribution in [-0.2, 0) is 13.1 Å². The molecule has 0 atom stereocenters. The average Bonchev–Trinajstić information content (AvgIpc) is 3.45. The summed E-state index contributed by atoms with van der Waals surface area (Å²) in [4.78, 5) is 15.4. The fraction of sp³-hybridized carbons (Fsp3) is 0.200. The number of methoxy groups -OCH3 is 1. The lowest BCUT2D eigenvalue weighted by atomic mass is 10.0. The van der Waals surface area contributed by atoms with Crippen LogP contribution in [0.1, 0.15) is 17.3 Å². The van der Waals surface area contributed by atoms with Gasteiger partial charge in [0.05, 0.1) is 19.3 Å². The molecule has 5 rings (SSSR count). The van der Waals surface area contributed by atoms with Crippen molar-refractivity contribution < 1.29 is 13.7 Å². The van der Waals surface area contributed by atoms with Crippen LogP contribution in [0.15, 0.2) is 69.9 Å². The van der Waals surface area contributed by atoms with Crippen LogP contribution in [-0.4, -0.2) is 39.2 Å². The van der Waals surface area contributed by atoms with E-state index in [1.807, 2.05) is 62.5 Å². The first-order valence-electron chi connectivity index (χ1n) is 10.6. The van der Waals surface area contributed by atoms with Crippen molar-refractivity contribution in [1.82, 2.24) is 25.0 Å². The largest absolute Gasteiger partial charge is 0.496 e. The monoisotopic (exact) mass is 441 g/mol. The number of ether oxygens (including phenoxy) is 1. The molecule has 0 aliphatic rings. The molecule has 0 saturated heterocycles. The lowest BCUT2D eigenvalue weighted by Crippen LogP contribution is -2.18. The number of nitrogens with zero attached hydrogens (tertiary/aromatic N) is 5. The van der Waals surface area contributed by atoms with Gasteiger partial charge in [0.25, 0.3) is 0 Å². The van der Waals surface area contributed by atoms with Gasteiger partial charge < -0.3 is 13.7 Å². The van der Waals surface area contributed by atoms with Crippen molar-refractivity contribution in [3.8, 4) is 28.6 Å². The number of pyridine rings is 1. The van der Waals surface area contributed by atoms with Gasteiger partial charge in [0.15, 0.2) is 0 Å². The predicted molar refractivity (Wildman–Crippen MR) is 123 cm³/mol. The molecule has 33 heavy (non-hydrogen) atoms. The second-order valence-electron chi connectivity index (χ2n) is 7.81. The summed E-state index contributed by atoms with van der Waals surface area (Å²) in [6, 6.07) is 15.7. The highest BCUT2D eigenvalue weighted by Gasteiger charge is 2.18. The number of benzene rings is 2. The van der Waals surface area contributed by atoms with Gasteiger partial charge in [0, 0.05) is 35.5 Å². The van der Waals surface area contributed by atoms with E-state index >= 15 is 0 Å². The Hall–Kier alpha value is -4.04. The van der Waals surface area contributed by atoms with E-state index in [1.54, 1.807) is 19.5 Å². The molecule has 0 amide bonds. The van der Waals surface area contributed by atoms with E-state index in [0.717, 1.165) is 39.1 Å². The van der Waals surface area contributed by atoms with E-state index in [-0.39, 0.29) is 0 Å². The van der Waals surface area contributed by atoms with Crippen LogP contribution < -0.4 is 4.74 Å². The molecule has 0 fully saturated rings. The van der Waals surface area contributed by atoms with Crippen LogP contribution in [0.2, 0.25) is 0 Å². The zero-order valence-corrected chi connectivity index (χ0v) is 18.6. The van der Waals surface area contributed by atoms with Gasteiger partial charge in [-0.1, -0.05) is 29.4 Å². The van der Waals surface area contributed by atoms with Crippen molar-refractivity contribution in [2.45, 2.75) is 20.0 Å². The van der Waals surface area contributed by atoms with Gasteiger partial charge in [0.1, 0.15) is 11.5 Å². The Morgan fingerprint density at radius 1 is 0.970 bits per heavy atom. The minimum Gasteiger partial charge on any atom is -0.496 e. The van der Waals surface area contributed by atoms with Gasteiger partial charge >= 0.3 is 0 Å². The maximum absolute atomic E-state index is 6.06. The smallest absolute Gasteiger partial charge is 0.241 e. The Kier molecular flexibility index (Phi) is 5.58. The zero-order chi connectivity index (χ0) is 22.8. The number of hydrogen-bond donors (Lipinski definition) is 0. The van der Waals surface area contributed by atoms with Crippen LogP contribution in [0.25, 0.3) is 33.6 Å². The summed E-state index contributed by atoms with van der Waals surface area (Å²) in [5.41, 5.74) is 2.61. The van der Waals surface area contributed by atoms with E-state index in [1.165, 1.54) is 0 Å². The fourth-order valence-corrected chi connectivity index (χ4v) is 3.80. The Morgan fingerprint density at radius 3 is 2.61 bits per heavy atom. The van der Waals surface area contributed by atoms with Crippen molar-refractivity contribution >= 4 is 10.8 Å². The Labute approximate surface area is 190 Å². The van der Waals surface area contributed by atoms with Crippen LogP contribution in [0, 0.1) is 6.92 Å². The Morgan fingerprint density at radius 2 is 1.82 bits per heavy atom. The molecule has 0 radical (unpaired) electrons. The third-order valence-electron chi connectivity index (χ3n) is 5.44. The lowest BCUT2D eigenvalue weighted by Gasteiger charge is -2.12. The number of aromatic nitrogens is 4. The standard InChI is InChI=1S/C25H23N5O3/c1-16-21(14-30(2)15-23-28-24(29-33-23)17-7-6-12-26-13-17)27-25(32-16)20-10-11-22(31-3)19-9-5-4-8-18(19)20/h4-13H,14-15H2,1-3H3. The van der Waals surface area contributed by atoms with E-state index in [0.29, 0.717) is 30.7 Å². The van der Waals surface area contributed by atoms with Crippen molar-refractivity contribution in [2.75, 3.05) is 14.2 Å². The molecule has 2 aromatic carbocycles. The SMILES string of the molecule is COc1ccc(-c2nc(CN(C)Cc3nc(-c4cccnc4)no3)c(C)o2)c2ccccc12. The first-order valence-corrected chi connectivity index (χ1v) is 10.6. The van der Waals surface area contributed by atoms with E-state index in [2.05, 4.69) is 20.0 Å². The van der Waals surface area contributed by atoms with Crippen molar-refractivity contribution in [1.29, 1.82) is 0 Å². The normalized spacial score (nSPS) is 11.4. The molecular weight excluding hydrogens is 418 g/mol. The summed E-state index contributed by atoms with van der Waals surface area (Å²) in [7, 11) is 3.65. The number of hydrogen-bond acceptors (Lipinski definition) is 8. The number of oxazole rings is 1. The van der Waals surface area contributed by atoms with E-state index < -0.39 is 0 Å². The molecule has 0 spiro atoms. The summed E-state index contributed by atoms with van der Waals surface area (Å²) in [5, 5.41) is 6.11. The summed E-state index contributed by atoms with van der Waals surface area (Å²) in [5.74, 6) is 3.24. The van der Waals surface area contributed by atoms with Gasteiger partial charge in [-0.2, -0.15) is 4.98 Å². The number of aryl methyl sites for hydroxylation is 1. The average molecular weight is 441 g/mol. The van der Waals surface area contributed by atoms with Gasteiger partial charge in [-0.3, -0.25) is 9.88 Å². The highest BCUT2D eigenvalue weighted by Crippen LogP contribution is 2.34. The van der Waals surface area contributed by atoms with Crippen LogP contribution >= 0.6 is 0 Å². The molecule has 0 bridgehead atoms. The molecule has 0 saturated carbocycles. The molecule has 166 valence electrons. The molecule has 3 aromatic heterocycles. The minimum absolute atomic E-state index is 0.486. The molecular formula is C25H23N5O3. The molecule has 0 aliphatic carbocycles. The molecule has 3 heterocycles. The summed E-state index contributed by atoms with van der Waals surface area (Å²) in [6.45, 7) is 2.99. The molecule has 0 N–H and O–H groups in total. The van der Waals surface area contributed by atoms with Gasteiger partial charge in [-0.05, 0) is 43.6 Å². The third-order valence-corrected chi connectivity index (χ3v) is 5.44. The predicted octanol–water partition coefficient (Wildman–Crippen LogP) is 4.89. The fourth-order valence-electron chi connectivity index (χ4n) is 3.80.